The number of aliphatic hydroxyl groups excluding tert-OH is 1. The molecule has 0 spiro atoms. The van der Waals surface area contributed by atoms with Gasteiger partial charge in [0.2, 0.25) is 0 Å². The van der Waals surface area contributed by atoms with Crippen molar-refractivity contribution in [3.63, 3.8) is 0 Å². The molecule has 0 aliphatic heterocycles. The van der Waals surface area contributed by atoms with Gasteiger partial charge in [-0.3, -0.25) is 0 Å². The van der Waals surface area contributed by atoms with Gasteiger partial charge >= 0.3 is 0 Å². The zero-order chi connectivity index (χ0) is 13.0. The first-order valence-corrected chi connectivity index (χ1v) is 7.77. The Labute approximate surface area is 112 Å². The molecule has 3 nitrogen and oxygen atoms in total. The van der Waals surface area contributed by atoms with Crippen molar-refractivity contribution in [2.75, 3.05) is 26.7 Å². The Bertz CT molecular complexity index is 249. The van der Waals surface area contributed by atoms with Gasteiger partial charge in [0.15, 0.2) is 0 Å². The lowest BCUT2D eigenvalue weighted by molar-refractivity contribution is 0.0613. The molecule has 0 aromatic rings. The molecule has 0 bridgehead atoms. The van der Waals surface area contributed by atoms with Gasteiger partial charge in [-0.1, -0.05) is 6.92 Å². The van der Waals surface area contributed by atoms with Gasteiger partial charge in [-0.25, -0.2) is 0 Å². The first kappa shape index (κ1) is 14.3. The van der Waals surface area contributed by atoms with Crippen LogP contribution >= 0.6 is 0 Å². The Morgan fingerprint density at radius 3 is 2.67 bits per heavy atom. The van der Waals surface area contributed by atoms with E-state index in [9.17, 15) is 5.11 Å². The fourth-order valence-corrected chi connectivity index (χ4v) is 3.43. The minimum Gasteiger partial charge on any atom is -0.394 e. The number of aliphatic hydroxyl groups is 1. The maximum atomic E-state index is 9.68. The smallest absolute Gasteiger partial charge is 0.0613 e. The minimum absolute atomic E-state index is 0.0154. The molecular weight excluding hydrogens is 224 g/mol. The summed E-state index contributed by atoms with van der Waals surface area (Å²) in [5, 5.41) is 13.1. The standard InChI is InChI=1S/C15H30N2O/c1-3-9-17(11-13-6-7-13)14-5-4-8-15(10-14,12-18)16-2/h13-14,16,18H,3-12H2,1-2H3. The molecule has 106 valence electrons. The predicted octanol–water partition coefficient (Wildman–Crippen LogP) is 2.00. The number of nitrogens with one attached hydrogen (secondary N) is 1. The molecule has 2 unspecified atom stereocenters. The summed E-state index contributed by atoms with van der Waals surface area (Å²) in [6, 6.07) is 0.680. The Hall–Kier alpha value is -0.120. The second kappa shape index (κ2) is 6.36. The average Bonchev–Trinajstić information content (AvgIpc) is 3.22. The van der Waals surface area contributed by atoms with Crippen molar-refractivity contribution < 1.29 is 5.11 Å². The third-order valence-electron chi connectivity index (χ3n) is 4.87. The summed E-state index contributed by atoms with van der Waals surface area (Å²) in [5.74, 6) is 0.969. The second-order valence-corrected chi connectivity index (χ2v) is 6.38. The van der Waals surface area contributed by atoms with Crippen molar-refractivity contribution in [3.8, 4) is 0 Å². The van der Waals surface area contributed by atoms with Crippen LogP contribution in [0.25, 0.3) is 0 Å². The van der Waals surface area contributed by atoms with E-state index >= 15 is 0 Å². The van der Waals surface area contributed by atoms with Crippen LogP contribution in [0.3, 0.4) is 0 Å². The van der Waals surface area contributed by atoms with E-state index in [1.807, 2.05) is 7.05 Å². The molecule has 0 radical (unpaired) electrons. The monoisotopic (exact) mass is 254 g/mol. The molecule has 2 rings (SSSR count). The lowest BCUT2D eigenvalue weighted by Gasteiger charge is -2.44. The summed E-state index contributed by atoms with van der Waals surface area (Å²) in [6.45, 7) is 5.08. The van der Waals surface area contributed by atoms with Gasteiger partial charge in [-0.15, -0.1) is 0 Å². The molecule has 2 saturated carbocycles. The quantitative estimate of drug-likeness (QED) is 0.729. The first-order chi connectivity index (χ1) is 8.73. The van der Waals surface area contributed by atoms with E-state index in [2.05, 4.69) is 17.1 Å². The summed E-state index contributed by atoms with van der Waals surface area (Å²) in [5.41, 5.74) is -0.0154. The topological polar surface area (TPSA) is 35.5 Å². The van der Waals surface area contributed by atoms with Crippen LogP contribution in [0.15, 0.2) is 0 Å². The highest BCUT2D eigenvalue weighted by molar-refractivity contribution is 4.96. The Morgan fingerprint density at radius 2 is 2.11 bits per heavy atom. The number of nitrogens with zero attached hydrogens (tertiary/aromatic N) is 1. The molecule has 2 atom stereocenters. The van der Waals surface area contributed by atoms with Gasteiger partial charge in [0.25, 0.3) is 0 Å². The van der Waals surface area contributed by atoms with Crippen molar-refractivity contribution >= 4 is 0 Å². The zero-order valence-electron chi connectivity index (χ0n) is 12.1. The molecule has 2 N–H and O–H groups in total. The minimum atomic E-state index is -0.0154. The molecule has 3 heteroatoms. The number of hydrogen-bond donors (Lipinski definition) is 2. The van der Waals surface area contributed by atoms with Crippen LogP contribution in [0.2, 0.25) is 0 Å². The number of rotatable bonds is 7. The van der Waals surface area contributed by atoms with Crippen molar-refractivity contribution in [3.05, 3.63) is 0 Å². The fourth-order valence-electron chi connectivity index (χ4n) is 3.43. The van der Waals surface area contributed by atoms with Gasteiger partial charge in [-0.2, -0.15) is 0 Å². The summed E-state index contributed by atoms with van der Waals surface area (Å²) in [7, 11) is 2.00. The van der Waals surface area contributed by atoms with Crippen molar-refractivity contribution in [1.29, 1.82) is 0 Å². The van der Waals surface area contributed by atoms with Crippen molar-refractivity contribution in [2.45, 2.75) is 63.5 Å². The van der Waals surface area contributed by atoms with Crippen molar-refractivity contribution in [2.24, 2.45) is 5.92 Å². The van der Waals surface area contributed by atoms with Gasteiger partial charge in [0, 0.05) is 18.1 Å². The second-order valence-electron chi connectivity index (χ2n) is 6.38. The highest BCUT2D eigenvalue weighted by Crippen LogP contribution is 2.35. The largest absolute Gasteiger partial charge is 0.394 e. The van der Waals surface area contributed by atoms with E-state index in [1.165, 1.54) is 45.2 Å². The normalized spacial score (nSPS) is 33.0. The molecular formula is C15H30N2O. The summed E-state index contributed by atoms with van der Waals surface area (Å²) >= 11 is 0. The number of likely N-dealkylation sites (N-methyl/N-ethyl adjacent to an activating group) is 1. The van der Waals surface area contributed by atoms with Crippen LogP contribution in [0.1, 0.15) is 51.9 Å². The van der Waals surface area contributed by atoms with E-state index in [4.69, 9.17) is 0 Å². The molecule has 0 aromatic heterocycles. The average molecular weight is 254 g/mol. The van der Waals surface area contributed by atoms with E-state index in [1.54, 1.807) is 0 Å². The molecule has 2 fully saturated rings. The fraction of sp³-hybridized carbons (Fsp3) is 1.00. The van der Waals surface area contributed by atoms with Crippen LogP contribution in [0, 0.1) is 5.92 Å². The molecule has 2 aliphatic carbocycles. The van der Waals surface area contributed by atoms with Crippen LogP contribution < -0.4 is 5.32 Å². The summed E-state index contributed by atoms with van der Waals surface area (Å²) < 4.78 is 0. The Balaban J connectivity index is 1.95. The molecule has 0 aromatic carbocycles. The third kappa shape index (κ3) is 3.46. The zero-order valence-corrected chi connectivity index (χ0v) is 12.1. The van der Waals surface area contributed by atoms with Gasteiger partial charge in [0.1, 0.15) is 0 Å². The van der Waals surface area contributed by atoms with Gasteiger partial charge in [0.05, 0.1) is 6.61 Å². The Morgan fingerprint density at radius 1 is 1.33 bits per heavy atom. The van der Waals surface area contributed by atoms with Crippen molar-refractivity contribution in [1.82, 2.24) is 10.2 Å². The molecule has 0 amide bonds. The number of hydrogen-bond acceptors (Lipinski definition) is 3. The maximum absolute atomic E-state index is 9.68. The van der Waals surface area contributed by atoms with Crippen LogP contribution in [-0.4, -0.2) is 48.3 Å². The lowest BCUT2D eigenvalue weighted by atomic mass is 9.79. The summed E-state index contributed by atoms with van der Waals surface area (Å²) in [4.78, 5) is 2.71. The third-order valence-corrected chi connectivity index (χ3v) is 4.87. The van der Waals surface area contributed by atoms with Gasteiger partial charge in [-0.05, 0) is 64.5 Å². The molecule has 18 heavy (non-hydrogen) atoms. The van der Waals surface area contributed by atoms with E-state index < -0.39 is 0 Å². The molecule has 0 heterocycles. The van der Waals surface area contributed by atoms with E-state index in [-0.39, 0.29) is 12.1 Å². The highest BCUT2D eigenvalue weighted by atomic mass is 16.3. The van der Waals surface area contributed by atoms with Crippen LogP contribution in [0.4, 0.5) is 0 Å². The van der Waals surface area contributed by atoms with Crippen LogP contribution in [0.5, 0.6) is 0 Å². The maximum Gasteiger partial charge on any atom is 0.0613 e. The predicted molar refractivity (Wildman–Crippen MR) is 75.7 cm³/mol. The SMILES string of the molecule is CCCN(CC1CC1)C1CCCC(CO)(NC)C1. The first-order valence-electron chi connectivity index (χ1n) is 7.77. The Kier molecular flexibility index (Phi) is 5.05. The van der Waals surface area contributed by atoms with E-state index in [0.717, 1.165) is 18.8 Å². The molecule has 0 saturated heterocycles. The lowest BCUT2D eigenvalue weighted by Crippen LogP contribution is -2.55. The summed E-state index contributed by atoms with van der Waals surface area (Å²) in [6.07, 6.45) is 8.92. The molecule has 2 aliphatic rings. The van der Waals surface area contributed by atoms with Gasteiger partial charge < -0.3 is 15.3 Å². The highest BCUT2D eigenvalue weighted by Gasteiger charge is 2.37. The van der Waals surface area contributed by atoms with Crippen LogP contribution in [-0.2, 0) is 0 Å². The van der Waals surface area contributed by atoms with E-state index in [0.29, 0.717) is 6.04 Å².